The van der Waals surface area contributed by atoms with Gasteiger partial charge in [0, 0.05) is 6.07 Å². The van der Waals surface area contributed by atoms with Gasteiger partial charge in [0.1, 0.15) is 0 Å². The molecule has 3 N–H and O–H groups in total. The van der Waals surface area contributed by atoms with Crippen molar-refractivity contribution in [2.45, 2.75) is 18.4 Å². The van der Waals surface area contributed by atoms with Crippen LogP contribution >= 0.6 is 11.6 Å². The Bertz CT molecular complexity index is 375. The molecule has 0 bridgehead atoms. The van der Waals surface area contributed by atoms with Crippen molar-refractivity contribution in [2.75, 3.05) is 0 Å². The first kappa shape index (κ1) is 9.55. The predicted molar refractivity (Wildman–Crippen MR) is 47.9 cm³/mol. The number of hydrogen-bond acceptors (Lipinski definition) is 3. The summed E-state index contributed by atoms with van der Waals surface area (Å²) in [5.41, 5.74) is -1.67. The Balaban J connectivity index is 2.68. The number of rotatable bonds is 1. The lowest BCUT2D eigenvalue weighted by molar-refractivity contribution is 0.142. The molecular formula is C9H8ClFO3. The van der Waals surface area contributed by atoms with Crippen LogP contribution in [0, 0.1) is 5.82 Å². The Morgan fingerprint density at radius 2 is 1.93 bits per heavy atom. The van der Waals surface area contributed by atoms with Gasteiger partial charge in [-0.05, 0) is 12.8 Å². The van der Waals surface area contributed by atoms with Crippen LogP contribution in [0.3, 0.4) is 0 Å². The van der Waals surface area contributed by atoms with Gasteiger partial charge in [-0.2, -0.15) is 0 Å². The van der Waals surface area contributed by atoms with Crippen molar-refractivity contribution in [3.8, 4) is 11.5 Å². The van der Waals surface area contributed by atoms with Crippen molar-refractivity contribution >= 4 is 11.6 Å². The molecule has 0 atom stereocenters. The normalized spacial score (nSPS) is 18.2. The Hall–Kier alpha value is -1.00. The predicted octanol–water partition coefficient (Wildman–Crippen LogP) is 1.87. The van der Waals surface area contributed by atoms with Crippen LogP contribution in [0.1, 0.15) is 18.4 Å². The first-order chi connectivity index (χ1) is 6.46. The van der Waals surface area contributed by atoms with Gasteiger partial charge in [-0.3, -0.25) is 0 Å². The van der Waals surface area contributed by atoms with Gasteiger partial charge >= 0.3 is 0 Å². The first-order valence-corrected chi connectivity index (χ1v) is 4.46. The minimum Gasteiger partial charge on any atom is -0.504 e. The number of benzene rings is 1. The summed E-state index contributed by atoms with van der Waals surface area (Å²) < 4.78 is 13.4. The maximum atomic E-state index is 13.4. The molecule has 1 aromatic carbocycles. The Kier molecular flexibility index (Phi) is 1.87. The highest BCUT2D eigenvalue weighted by Crippen LogP contribution is 2.52. The van der Waals surface area contributed by atoms with Crippen molar-refractivity contribution in [2.24, 2.45) is 0 Å². The van der Waals surface area contributed by atoms with Gasteiger partial charge in [0.15, 0.2) is 17.3 Å². The molecule has 0 spiro atoms. The number of aliphatic hydroxyl groups is 1. The van der Waals surface area contributed by atoms with Crippen molar-refractivity contribution < 1.29 is 19.7 Å². The smallest absolute Gasteiger partial charge is 0.166 e. The lowest BCUT2D eigenvalue weighted by Crippen LogP contribution is -2.08. The van der Waals surface area contributed by atoms with E-state index < -0.39 is 22.9 Å². The van der Waals surface area contributed by atoms with E-state index in [1.807, 2.05) is 0 Å². The lowest BCUT2D eigenvalue weighted by Gasteiger charge is -2.13. The van der Waals surface area contributed by atoms with Crippen LogP contribution in [0.15, 0.2) is 6.07 Å². The molecule has 0 saturated heterocycles. The minimum absolute atomic E-state index is 0.303. The second kappa shape index (κ2) is 2.74. The molecule has 5 heteroatoms. The Labute approximate surface area is 84.4 Å². The number of phenolic OH excluding ortho intramolecular Hbond substituents is 2. The van der Waals surface area contributed by atoms with Crippen molar-refractivity contribution in [1.29, 1.82) is 0 Å². The van der Waals surface area contributed by atoms with E-state index in [9.17, 15) is 19.7 Å². The van der Waals surface area contributed by atoms with Gasteiger partial charge in [0.25, 0.3) is 0 Å². The molecular weight excluding hydrogens is 211 g/mol. The van der Waals surface area contributed by atoms with Crippen LogP contribution < -0.4 is 0 Å². The van der Waals surface area contributed by atoms with Gasteiger partial charge in [-0.1, -0.05) is 11.6 Å². The van der Waals surface area contributed by atoms with E-state index in [1.54, 1.807) is 0 Å². The molecule has 3 nitrogen and oxygen atoms in total. The summed E-state index contributed by atoms with van der Waals surface area (Å²) in [4.78, 5) is 0. The van der Waals surface area contributed by atoms with Crippen molar-refractivity contribution in [3.63, 3.8) is 0 Å². The molecule has 0 heterocycles. The zero-order chi connectivity index (χ0) is 10.5. The maximum absolute atomic E-state index is 13.4. The standard InChI is InChI=1S/C9H8ClFO3/c10-4-3-5(12)8(13)6(7(4)11)9(14)1-2-9/h3,12-14H,1-2H2. The summed E-state index contributed by atoms with van der Waals surface area (Å²) in [6.45, 7) is 0. The summed E-state index contributed by atoms with van der Waals surface area (Å²) in [5.74, 6) is -2.03. The molecule has 14 heavy (non-hydrogen) atoms. The largest absolute Gasteiger partial charge is 0.504 e. The number of aromatic hydroxyl groups is 2. The molecule has 0 aromatic heterocycles. The molecule has 2 rings (SSSR count). The third-order valence-corrected chi connectivity index (χ3v) is 2.64. The molecule has 0 radical (unpaired) electrons. The van der Waals surface area contributed by atoms with Gasteiger partial charge in [0.2, 0.25) is 0 Å². The van der Waals surface area contributed by atoms with Crippen LogP contribution in [0.25, 0.3) is 0 Å². The van der Waals surface area contributed by atoms with Gasteiger partial charge in [-0.25, -0.2) is 4.39 Å². The maximum Gasteiger partial charge on any atom is 0.166 e. The van der Waals surface area contributed by atoms with E-state index in [2.05, 4.69) is 0 Å². The quantitative estimate of drug-likeness (QED) is 0.631. The molecule has 1 fully saturated rings. The van der Waals surface area contributed by atoms with Crippen molar-refractivity contribution in [1.82, 2.24) is 0 Å². The van der Waals surface area contributed by atoms with E-state index in [4.69, 9.17) is 11.6 Å². The molecule has 1 aromatic rings. The fraction of sp³-hybridized carbons (Fsp3) is 0.333. The van der Waals surface area contributed by atoms with E-state index in [0.29, 0.717) is 12.8 Å². The average molecular weight is 219 g/mol. The monoisotopic (exact) mass is 218 g/mol. The number of halogens is 2. The summed E-state index contributed by atoms with van der Waals surface area (Å²) in [7, 11) is 0. The van der Waals surface area contributed by atoms with Crippen molar-refractivity contribution in [3.05, 3.63) is 22.5 Å². The molecule has 0 aliphatic heterocycles. The van der Waals surface area contributed by atoms with E-state index in [1.165, 1.54) is 0 Å². The second-order valence-electron chi connectivity index (χ2n) is 3.45. The fourth-order valence-corrected chi connectivity index (χ4v) is 1.59. The third-order valence-electron chi connectivity index (χ3n) is 2.36. The topological polar surface area (TPSA) is 60.7 Å². The Morgan fingerprint density at radius 3 is 2.43 bits per heavy atom. The van der Waals surface area contributed by atoms with Crippen LogP contribution in [0.5, 0.6) is 11.5 Å². The van der Waals surface area contributed by atoms with Crippen LogP contribution in [0.4, 0.5) is 4.39 Å². The highest BCUT2D eigenvalue weighted by atomic mass is 35.5. The first-order valence-electron chi connectivity index (χ1n) is 4.08. The minimum atomic E-state index is -1.36. The third kappa shape index (κ3) is 1.22. The Morgan fingerprint density at radius 1 is 1.36 bits per heavy atom. The summed E-state index contributed by atoms with van der Waals surface area (Å²) >= 11 is 5.47. The van der Waals surface area contributed by atoms with E-state index in [-0.39, 0.29) is 10.6 Å². The second-order valence-corrected chi connectivity index (χ2v) is 3.85. The molecule has 0 unspecified atom stereocenters. The molecule has 1 aliphatic rings. The lowest BCUT2D eigenvalue weighted by atomic mass is 10.1. The summed E-state index contributed by atoms with van der Waals surface area (Å²) in [5, 5.41) is 27.9. The van der Waals surface area contributed by atoms with Gasteiger partial charge in [0.05, 0.1) is 16.2 Å². The summed E-state index contributed by atoms with van der Waals surface area (Å²) in [6.07, 6.45) is 0.717. The summed E-state index contributed by atoms with van der Waals surface area (Å²) in [6, 6.07) is 0.904. The molecule has 1 saturated carbocycles. The highest BCUT2D eigenvalue weighted by Gasteiger charge is 2.47. The van der Waals surface area contributed by atoms with E-state index in [0.717, 1.165) is 6.07 Å². The zero-order valence-electron chi connectivity index (χ0n) is 7.09. The fourth-order valence-electron chi connectivity index (χ4n) is 1.40. The number of hydrogen-bond donors (Lipinski definition) is 3. The van der Waals surface area contributed by atoms with E-state index >= 15 is 0 Å². The van der Waals surface area contributed by atoms with Crippen LogP contribution in [-0.4, -0.2) is 15.3 Å². The van der Waals surface area contributed by atoms with Crippen LogP contribution in [0.2, 0.25) is 5.02 Å². The molecule has 0 amide bonds. The average Bonchev–Trinajstić information content (AvgIpc) is 2.81. The zero-order valence-corrected chi connectivity index (χ0v) is 7.85. The highest BCUT2D eigenvalue weighted by molar-refractivity contribution is 6.31. The molecule has 1 aliphatic carbocycles. The SMILES string of the molecule is Oc1cc(Cl)c(F)c(C2(O)CC2)c1O. The van der Waals surface area contributed by atoms with Gasteiger partial charge in [-0.15, -0.1) is 0 Å². The van der Waals surface area contributed by atoms with Crippen LogP contribution in [-0.2, 0) is 5.60 Å². The molecule has 76 valence electrons. The van der Waals surface area contributed by atoms with Gasteiger partial charge < -0.3 is 15.3 Å². The number of phenols is 2.